The van der Waals surface area contributed by atoms with E-state index in [2.05, 4.69) is 5.32 Å². The quantitative estimate of drug-likeness (QED) is 0.450. The molecule has 0 spiro atoms. The monoisotopic (exact) mass is 109 g/mol. The Morgan fingerprint density at radius 1 is 1.62 bits per heavy atom. The minimum atomic E-state index is 0.875. The van der Waals surface area contributed by atoms with Crippen LogP contribution >= 0.6 is 0 Å². The second kappa shape index (κ2) is 4.91. The van der Waals surface area contributed by atoms with E-state index < -0.39 is 0 Å². The van der Waals surface area contributed by atoms with E-state index in [1.807, 2.05) is 19.9 Å². The molecule has 0 aromatic rings. The van der Waals surface area contributed by atoms with Crippen molar-refractivity contribution in [2.75, 3.05) is 13.1 Å². The fourth-order valence-electron chi connectivity index (χ4n) is 0.492. The zero-order valence-corrected chi connectivity index (χ0v) is 5.57. The van der Waals surface area contributed by atoms with Crippen LogP contribution in [-0.2, 0) is 0 Å². The van der Waals surface area contributed by atoms with Gasteiger partial charge in [0.1, 0.15) is 7.85 Å². The lowest BCUT2D eigenvalue weighted by Crippen LogP contribution is -2.07. The average Bonchev–Trinajstić information content (AvgIpc) is 2.24. The summed E-state index contributed by atoms with van der Waals surface area (Å²) in [5.74, 6) is 0. The molecule has 0 aromatic carbocycles. The molecule has 0 aromatic heterocycles. The van der Waals surface area contributed by atoms with Crippen LogP contribution in [0.3, 0.4) is 0 Å². The summed E-state index contributed by atoms with van der Waals surface area (Å²) in [6, 6.07) is 0. The lowest BCUT2D eigenvalue weighted by atomic mass is 9.98. The summed E-state index contributed by atoms with van der Waals surface area (Å²) >= 11 is 0. The van der Waals surface area contributed by atoms with Gasteiger partial charge in [0.05, 0.1) is 0 Å². The van der Waals surface area contributed by atoms with Crippen molar-refractivity contribution in [3.8, 4) is 0 Å². The number of rotatable bonds is 0. The third-order valence-electron chi connectivity index (χ3n) is 0.838. The van der Waals surface area contributed by atoms with Crippen molar-refractivity contribution in [1.29, 1.82) is 0 Å². The largest absolute Gasteiger partial charge is 0.310 e. The molecule has 2 radical (unpaired) electrons. The molecule has 0 aliphatic carbocycles. The van der Waals surface area contributed by atoms with Gasteiger partial charge in [-0.3, -0.25) is 0 Å². The third kappa shape index (κ3) is 2.86. The van der Waals surface area contributed by atoms with Gasteiger partial charge in [-0.15, -0.1) is 5.47 Å². The number of hydrogen-bond donors (Lipinski definition) is 1. The fourth-order valence-corrected chi connectivity index (χ4v) is 0.492. The van der Waals surface area contributed by atoms with Crippen LogP contribution in [0.2, 0.25) is 0 Å². The Kier molecular flexibility index (Phi) is 4.77. The van der Waals surface area contributed by atoms with Crippen LogP contribution in [0.1, 0.15) is 13.8 Å². The van der Waals surface area contributed by atoms with Crippen LogP contribution in [0.15, 0.2) is 11.5 Å². The van der Waals surface area contributed by atoms with E-state index in [9.17, 15) is 0 Å². The molecule has 1 aliphatic rings. The molecule has 44 valence electrons. The number of nitrogens with one attached hydrogen (secondary N) is 1. The van der Waals surface area contributed by atoms with Gasteiger partial charge in [-0.05, 0) is 0 Å². The maximum atomic E-state index is 5.33. The Bertz CT molecular complexity index is 78.6. The molecule has 0 amide bonds. The summed E-state index contributed by atoms with van der Waals surface area (Å²) < 4.78 is 0. The Labute approximate surface area is 52.6 Å². The standard InChI is InChI=1S/C4H6BN.C2H6/c5-4-1-2-6-3-4;1-2/h1,6H,2-3H2;1-2H3. The normalized spacial score (nSPS) is 16.5. The maximum Gasteiger partial charge on any atom is 0.109 e. The molecule has 8 heavy (non-hydrogen) atoms. The van der Waals surface area contributed by atoms with Gasteiger partial charge in [0.2, 0.25) is 0 Å². The van der Waals surface area contributed by atoms with Crippen molar-refractivity contribution in [3.05, 3.63) is 11.5 Å². The van der Waals surface area contributed by atoms with Crippen LogP contribution < -0.4 is 5.32 Å². The first-order valence-electron chi connectivity index (χ1n) is 3.05. The van der Waals surface area contributed by atoms with E-state index in [0.717, 1.165) is 18.6 Å². The summed E-state index contributed by atoms with van der Waals surface area (Å²) in [4.78, 5) is 0. The second-order valence-corrected chi connectivity index (χ2v) is 1.41. The predicted molar refractivity (Wildman–Crippen MR) is 38.1 cm³/mol. The molecule has 1 heterocycles. The Balaban J connectivity index is 0.000000222. The average molecular weight is 109 g/mol. The zero-order valence-electron chi connectivity index (χ0n) is 5.57. The van der Waals surface area contributed by atoms with E-state index in [1.165, 1.54) is 0 Å². The first-order chi connectivity index (χ1) is 3.89. The van der Waals surface area contributed by atoms with Gasteiger partial charge in [-0.1, -0.05) is 19.9 Å². The molecule has 1 rings (SSSR count). The molecule has 0 fully saturated rings. The van der Waals surface area contributed by atoms with Crippen LogP contribution in [0, 0.1) is 0 Å². The summed E-state index contributed by atoms with van der Waals surface area (Å²) in [5.41, 5.74) is 0.968. The van der Waals surface area contributed by atoms with Gasteiger partial charge in [0.15, 0.2) is 0 Å². The molecule has 1 aliphatic heterocycles. The molecule has 0 saturated carbocycles. The smallest absolute Gasteiger partial charge is 0.109 e. The van der Waals surface area contributed by atoms with Gasteiger partial charge < -0.3 is 5.32 Å². The van der Waals surface area contributed by atoms with Crippen LogP contribution in [0.25, 0.3) is 0 Å². The first-order valence-corrected chi connectivity index (χ1v) is 3.05. The number of hydrogen-bond acceptors (Lipinski definition) is 1. The molecule has 0 bridgehead atoms. The summed E-state index contributed by atoms with van der Waals surface area (Å²) in [6.45, 7) is 5.83. The Morgan fingerprint density at radius 3 is 2.38 bits per heavy atom. The van der Waals surface area contributed by atoms with E-state index in [4.69, 9.17) is 7.85 Å². The SMILES string of the molecule is CC.[B]C1=CCNC1. The highest BCUT2D eigenvalue weighted by molar-refractivity contribution is 6.22. The van der Waals surface area contributed by atoms with Gasteiger partial charge in [0.25, 0.3) is 0 Å². The molecule has 0 saturated heterocycles. The zero-order chi connectivity index (χ0) is 6.41. The van der Waals surface area contributed by atoms with Crippen LogP contribution in [-0.4, -0.2) is 20.9 Å². The lowest BCUT2D eigenvalue weighted by Gasteiger charge is -1.83. The van der Waals surface area contributed by atoms with E-state index in [1.54, 1.807) is 0 Å². The van der Waals surface area contributed by atoms with E-state index >= 15 is 0 Å². The fraction of sp³-hybridized carbons (Fsp3) is 0.667. The van der Waals surface area contributed by atoms with E-state index in [0.29, 0.717) is 0 Å². The minimum Gasteiger partial charge on any atom is -0.310 e. The summed E-state index contributed by atoms with van der Waals surface area (Å²) in [5, 5.41) is 3.05. The van der Waals surface area contributed by atoms with Crippen molar-refractivity contribution in [2.45, 2.75) is 13.8 Å². The van der Waals surface area contributed by atoms with Crippen molar-refractivity contribution < 1.29 is 0 Å². The Hall–Kier alpha value is -0.235. The lowest BCUT2D eigenvalue weighted by molar-refractivity contribution is 0.888. The first kappa shape index (κ1) is 7.76. The molecule has 1 N–H and O–H groups in total. The maximum absolute atomic E-state index is 5.33. The molecule has 2 heteroatoms. The molecular formula is C6H12BN. The van der Waals surface area contributed by atoms with Crippen molar-refractivity contribution in [2.24, 2.45) is 0 Å². The van der Waals surface area contributed by atoms with Crippen LogP contribution in [0.4, 0.5) is 0 Å². The highest BCUT2D eigenvalue weighted by Gasteiger charge is 1.92. The van der Waals surface area contributed by atoms with Gasteiger partial charge in [-0.2, -0.15) is 0 Å². The van der Waals surface area contributed by atoms with Gasteiger partial charge in [-0.25, -0.2) is 0 Å². The highest BCUT2D eigenvalue weighted by Crippen LogP contribution is 1.88. The summed E-state index contributed by atoms with van der Waals surface area (Å²) in [7, 11) is 5.33. The van der Waals surface area contributed by atoms with Gasteiger partial charge >= 0.3 is 0 Å². The third-order valence-corrected chi connectivity index (χ3v) is 0.838. The predicted octanol–water partition coefficient (Wildman–Crippen LogP) is 0.668. The molecular weight excluding hydrogens is 96.9 g/mol. The van der Waals surface area contributed by atoms with Gasteiger partial charge in [0, 0.05) is 13.1 Å². The van der Waals surface area contributed by atoms with Crippen molar-refractivity contribution in [1.82, 2.24) is 5.32 Å². The van der Waals surface area contributed by atoms with E-state index in [-0.39, 0.29) is 0 Å². The Morgan fingerprint density at radius 2 is 2.25 bits per heavy atom. The minimum absolute atomic E-state index is 0.875. The second-order valence-electron chi connectivity index (χ2n) is 1.41. The summed E-state index contributed by atoms with van der Waals surface area (Å²) in [6.07, 6.45) is 1.99. The molecule has 1 nitrogen and oxygen atoms in total. The van der Waals surface area contributed by atoms with Crippen molar-refractivity contribution in [3.63, 3.8) is 0 Å². The highest BCUT2D eigenvalue weighted by atomic mass is 14.9. The molecule has 0 atom stereocenters. The van der Waals surface area contributed by atoms with Crippen molar-refractivity contribution >= 4 is 7.85 Å². The van der Waals surface area contributed by atoms with Crippen LogP contribution in [0.5, 0.6) is 0 Å². The molecule has 0 unspecified atom stereocenters. The topological polar surface area (TPSA) is 12.0 Å².